The summed E-state index contributed by atoms with van der Waals surface area (Å²) in [5.74, 6) is -0.919. The summed E-state index contributed by atoms with van der Waals surface area (Å²) in [6, 6.07) is 18.2. The molecule has 3 aromatic rings. The van der Waals surface area contributed by atoms with Crippen molar-refractivity contribution in [3.63, 3.8) is 0 Å². The maximum Gasteiger partial charge on any atom is 0.256 e. The van der Waals surface area contributed by atoms with Gasteiger partial charge >= 0.3 is 0 Å². The van der Waals surface area contributed by atoms with Gasteiger partial charge in [-0.3, -0.25) is 19.0 Å². The zero-order valence-corrected chi connectivity index (χ0v) is 15.3. The second kappa shape index (κ2) is 7.92. The van der Waals surface area contributed by atoms with Gasteiger partial charge in [-0.15, -0.1) is 0 Å². The Balaban J connectivity index is 2.07. The van der Waals surface area contributed by atoms with E-state index in [2.05, 4.69) is 10.3 Å². The van der Waals surface area contributed by atoms with E-state index in [1.807, 2.05) is 0 Å². The van der Waals surface area contributed by atoms with Gasteiger partial charge in [0.15, 0.2) is 10.9 Å². The van der Waals surface area contributed by atoms with Crippen molar-refractivity contribution in [3.05, 3.63) is 98.7 Å². The SMILES string of the molecule is Cc1cc(=O)n(C(NC(=O)c2ccccc2)C(=O)c2ccccc2)c(=S)[nH]1. The van der Waals surface area contributed by atoms with Crippen LogP contribution < -0.4 is 10.9 Å². The highest BCUT2D eigenvalue weighted by molar-refractivity contribution is 7.71. The van der Waals surface area contributed by atoms with Crippen molar-refractivity contribution in [1.82, 2.24) is 14.9 Å². The molecule has 3 rings (SSSR count). The van der Waals surface area contributed by atoms with Crippen LogP contribution in [0.4, 0.5) is 0 Å². The molecular weight excluding hydrogens is 362 g/mol. The monoisotopic (exact) mass is 379 g/mol. The van der Waals surface area contributed by atoms with E-state index in [0.29, 0.717) is 16.8 Å². The van der Waals surface area contributed by atoms with Crippen molar-refractivity contribution < 1.29 is 9.59 Å². The molecule has 1 aromatic heterocycles. The Morgan fingerprint density at radius 2 is 1.56 bits per heavy atom. The van der Waals surface area contributed by atoms with E-state index in [0.717, 1.165) is 4.57 Å². The number of amides is 1. The lowest BCUT2D eigenvalue weighted by Gasteiger charge is -2.20. The number of H-pyrrole nitrogens is 1. The molecule has 0 saturated heterocycles. The number of aromatic amines is 1. The van der Waals surface area contributed by atoms with Gasteiger partial charge in [0.2, 0.25) is 5.78 Å². The van der Waals surface area contributed by atoms with Crippen molar-refractivity contribution in [1.29, 1.82) is 0 Å². The number of rotatable bonds is 5. The Kier molecular flexibility index (Phi) is 5.42. The highest BCUT2D eigenvalue weighted by Crippen LogP contribution is 2.13. The minimum absolute atomic E-state index is 0.0580. The molecule has 0 bridgehead atoms. The van der Waals surface area contributed by atoms with Gasteiger partial charge < -0.3 is 10.3 Å². The van der Waals surface area contributed by atoms with E-state index >= 15 is 0 Å². The fourth-order valence-corrected chi connectivity index (χ4v) is 3.03. The maximum atomic E-state index is 13.1. The molecule has 0 aliphatic rings. The topological polar surface area (TPSA) is 84.0 Å². The van der Waals surface area contributed by atoms with E-state index < -0.39 is 23.4 Å². The first kappa shape index (κ1) is 18.5. The van der Waals surface area contributed by atoms with Gasteiger partial charge in [0, 0.05) is 22.9 Å². The zero-order chi connectivity index (χ0) is 19.4. The molecule has 1 atom stereocenters. The van der Waals surface area contributed by atoms with E-state index in [1.165, 1.54) is 6.07 Å². The summed E-state index contributed by atoms with van der Waals surface area (Å²) in [4.78, 5) is 41.1. The van der Waals surface area contributed by atoms with Gasteiger partial charge in [-0.25, -0.2) is 0 Å². The molecular formula is C20H17N3O3S. The highest BCUT2D eigenvalue weighted by atomic mass is 32.1. The van der Waals surface area contributed by atoms with E-state index in [1.54, 1.807) is 67.6 Å². The summed E-state index contributed by atoms with van der Waals surface area (Å²) >= 11 is 5.25. The van der Waals surface area contributed by atoms with Crippen LogP contribution in [0.2, 0.25) is 0 Å². The Labute approximate surface area is 160 Å². The zero-order valence-electron chi connectivity index (χ0n) is 14.5. The number of nitrogens with one attached hydrogen (secondary N) is 2. The third kappa shape index (κ3) is 4.09. The fraction of sp³-hybridized carbons (Fsp3) is 0.100. The fourth-order valence-electron chi connectivity index (χ4n) is 2.67. The number of aryl methyl sites for hydroxylation is 1. The van der Waals surface area contributed by atoms with Crippen molar-refractivity contribution in [2.75, 3.05) is 0 Å². The van der Waals surface area contributed by atoms with Gasteiger partial charge in [-0.05, 0) is 31.3 Å². The molecule has 0 aliphatic heterocycles. The number of hydrogen-bond acceptors (Lipinski definition) is 4. The van der Waals surface area contributed by atoms with Crippen LogP contribution in [-0.4, -0.2) is 21.2 Å². The third-order valence-corrected chi connectivity index (χ3v) is 4.27. The Hall–Kier alpha value is -3.32. The number of carbonyl (C=O) groups is 2. The quantitative estimate of drug-likeness (QED) is 0.527. The third-order valence-electron chi connectivity index (χ3n) is 3.97. The first-order valence-corrected chi connectivity index (χ1v) is 8.66. The molecule has 136 valence electrons. The maximum absolute atomic E-state index is 13.1. The van der Waals surface area contributed by atoms with Gasteiger partial charge in [0.1, 0.15) is 0 Å². The van der Waals surface area contributed by atoms with Gasteiger partial charge in [-0.1, -0.05) is 48.5 Å². The molecule has 0 saturated carbocycles. The van der Waals surface area contributed by atoms with Crippen LogP contribution in [0.5, 0.6) is 0 Å². The van der Waals surface area contributed by atoms with Crippen LogP contribution >= 0.6 is 12.2 Å². The number of ketones is 1. The molecule has 0 radical (unpaired) electrons. The summed E-state index contributed by atoms with van der Waals surface area (Å²) in [6.45, 7) is 1.69. The first-order valence-electron chi connectivity index (χ1n) is 8.25. The van der Waals surface area contributed by atoms with Crippen LogP contribution in [-0.2, 0) is 0 Å². The first-order chi connectivity index (χ1) is 13.0. The van der Waals surface area contributed by atoms with Crippen LogP contribution in [0.25, 0.3) is 0 Å². The predicted molar refractivity (Wildman–Crippen MR) is 104 cm³/mol. The summed E-state index contributed by atoms with van der Waals surface area (Å²) in [5.41, 5.74) is 0.830. The molecule has 1 unspecified atom stereocenters. The lowest BCUT2D eigenvalue weighted by Crippen LogP contribution is -2.43. The summed E-state index contributed by atoms with van der Waals surface area (Å²) in [7, 11) is 0. The van der Waals surface area contributed by atoms with Gasteiger partial charge in [-0.2, -0.15) is 0 Å². The second-order valence-electron chi connectivity index (χ2n) is 5.94. The van der Waals surface area contributed by atoms with Crippen molar-refractivity contribution in [2.45, 2.75) is 13.1 Å². The van der Waals surface area contributed by atoms with Crippen LogP contribution in [0.15, 0.2) is 71.5 Å². The van der Waals surface area contributed by atoms with Crippen LogP contribution in [0, 0.1) is 11.7 Å². The van der Waals surface area contributed by atoms with E-state index in [-0.39, 0.29) is 4.77 Å². The molecule has 1 amide bonds. The largest absolute Gasteiger partial charge is 0.336 e. The smallest absolute Gasteiger partial charge is 0.256 e. The average Bonchev–Trinajstić information content (AvgIpc) is 2.67. The lowest BCUT2D eigenvalue weighted by atomic mass is 10.1. The standard InChI is InChI=1S/C20H17N3O3S/c1-13-12-16(24)23(20(27)21-13)18(17(25)14-8-4-2-5-9-14)22-19(26)15-10-6-3-7-11-15/h2-12,18H,1H3,(H,21,27)(H,22,26). The van der Waals surface area contributed by atoms with Crippen molar-refractivity contribution >= 4 is 23.9 Å². The Morgan fingerprint density at radius 3 is 2.11 bits per heavy atom. The Morgan fingerprint density at radius 1 is 1.00 bits per heavy atom. The molecule has 1 heterocycles. The number of aromatic nitrogens is 2. The minimum Gasteiger partial charge on any atom is -0.336 e. The molecule has 2 N–H and O–H groups in total. The van der Waals surface area contributed by atoms with Crippen molar-refractivity contribution in [3.8, 4) is 0 Å². The molecule has 27 heavy (non-hydrogen) atoms. The van der Waals surface area contributed by atoms with Gasteiger partial charge in [0.25, 0.3) is 11.5 Å². The number of benzene rings is 2. The van der Waals surface area contributed by atoms with Crippen molar-refractivity contribution in [2.24, 2.45) is 0 Å². The lowest BCUT2D eigenvalue weighted by molar-refractivity contribution is 0.0811. The molecule has 2 aromatic carbocycles. The average molecular weight is 379 g/mol. The predicted octanol–water partition coefficient (Wildman–Crippen LogP) is 3.03. The summed E-state index contributed by atoms with van der Waals surface area (Å²) < 4.78 is 1.14. The minimum atomic E-state index is -1.27. The number of Topliss-reactive ketones (excluding diaryl/α,β-unsaturated/α-hetero) is 1. The molecule has 0 spiro atoms. The van der Waals surface area contributed by atoms with E-state index in [9.17, 15) is 14.4 Å². The molecule has 0 fully saturated rings. The Bertz CT molecular complexity index is 1060. The van der Waals surface area contributed by atoms with Crippen LogP contribution in [0.3, 0.4) is 0 Å². The van der Waals surface area contributed by atoms with Gasteiger partial charge in [0.05, 0.1) is 0 Å². The number of nitrogens with zero attached hydrogens (tertiary/aromatic N) is 1. The molecule has 0 aliphatic carbocycles. The number of hydrogen-bond donors (Lipinski definition) is 2. The highest BCUT2D eigenvalue weighted by Gasteiger charge is 2.26. The van der Waals surface area contributed by atoms with E-state index in [4.69, 9.17) is 12.2 Å². The summed E-state index contributed by atoms with van der Waals surface area (Å²) in [5, 5.41) is 2.64. The number of carbonyl (C=O) groups excluding carboxylic acids is 2. The van der Waals surface area contributed by atoms with Crippen LogP contribution in [0.1, 0.15) is 32.6 Å². The summed E-state index contributed by atoms with van der Waals surface area (Å²) in [6.07, 6.45) is -1.27. The second-order valence-corrected chi connectivity index (χ2v) is 6.32. The normalized spacial score (nSPS) is 11.6. The molecule has 7 heteroatoms. The molecule has 6 nitrogen and oxygen atoms in total.